The van der Waals surface area contributed by atoms with E-state index < -0.39 is 29.7 Å². The minimum atomic E-state index is -4.52. The van der Waals surface area contributed by atoms with Crippen LogP contribution >= 0.6 is 0 Å². The molecule has 2 aromatic rings. The summed E-state index contributed by atoms with van der Waals surface area (Å²) < 4.78 is 40.2. The van der Waals surface area contributed by atoms with E-state index in [9.17, 15) is 27.9 Å². The molecule has 0 saturated carbocycles. The topological polar surface area (TPSA) is 84.2 Å². The molecule has 1 aromatic carbocycles. The highest BCUT2D eigenvalue weighted by molar-refractivity contribution is 5.85. The fourth-order valence-electron chi connectivity index (χ4n) is 2.86. The van der Waals surface area contributed by atoms with Gasteiger partial charge in [-0.25, -0.2) is 9.48 Å². The number of carbonyl (C=O) groups is 2. The van der Waals surface area contributed by atoms with E-state index in [1.807, 2.05) is 0 Å². The van der Waals surface area contributed by atoms with Gasteiger partial charge in [0.1, 0.15) is 0 Å². The molecule has 0 aliphatic rings. The summed E-state index contributed by atoms with van der Waals surface area (Å²) in [6.45, 7) is 6.59. The number of amides is 1. The van der Waals surface area contributed by atoms with Crippen LogP contribution in [0.5, 0.6) is 0 Å². The molecule has 150 valence electrons. The van der Waals surface area contributed by atoms with Crippen LogP contribution < -0.4 is 5.32 Å². The quantitative estimate of drug-likeness (QED) is 0.700. The third-order valence-corrected chi connectivity index (χ3v) is 4.18. The van der Waals surface area contributed by atoms with E-state index >= 15 is 0 Å². The van der Waals surface area contributed by atoms with Crippen molar-refractivity contribution in [1.82, 2.24) is 15.1 Å². The first kappa shape index (κ1) is 21.2. The maximum absolute atomic E-state index is 13.0. The monoisotopic (exact) mass is 395 g/mol. The second-order valence-electron chi connectivity index (χ2n) is 6.21. The summed E-state index contributed by atoms with van der Waals surface area (Å²) in [4.78, 5) is 23.7. The van der Waals surface area contributed by atoms with Crippen molar-refractivity contribution in [2.24, 2.45) is 0 Å². The van der Waals surface area contributed by atoms with Gasteiger partial charge in [0.2, 0.25) is 5.91 Å². The van der Waals surface area contributed by atoms with Crippen LogP contribution in [0.2, 0.25) is 0 Å². The molecule has 1 aromatic heterocycles. The molecule has 1 heterocycles. The summed E-state index contributed by atoms with van der Waals surface area (Å²) >= 11 is 0. The molecule has 0 aliphatic carbocycles. The predicted octanol–water partition coefficient (Wildman–Crippen LogP) is 3.72. The fourth-order valence-corrected chi connectivity index (χ4v) is 2.86. The van der Waals surface area contributed by atoms with Gasteiger partial charge >= 0.3 is 12.1 Å². The molecule has 0 aliphatic heterocycles. The van der Waals surface area contributed by atoms with Crippen LogP contribution in [0, 0.1) is 13.8 Å². The van der Waals surface area contributed by atoms with Crippen LogP contribution in [0.1, 0.15) is 41.4 Å². The summed E-state index contributed by atoms with van der Waals surface area (Å²) in [6.07, 6.45) is -2.51. The van der Waals surface area contributed by atoms with Gasteiger partial charge in [-0.1, -0.05) is 12.1 Å². The lowest BCUT2D eigenvalue weighted by Crippen LogP contribution is -2.34. The Labute approximate surface area is 159 Å². The van der Waals surface area contributed by atoms with E-state index in [-0.39, 0.29) is 17.7 Å². The molecular weight excluding hydrogens is 375 g/mol. The Hall–Kier alpha value is -3.10. The summed E-state index contributed by atoms with van der Waals surface area (Å²) in [6, 6.07) is 3.20. The third kappa shape index (κ3) is 4.59. The molecule has 9 heteroatoms. The Morgan fingerprint density at radius 2 is 2.04 bits per heavy atom. The van der Waals surface area contributed by atoms with Gasteiger partial charge in [0, 0.05) is 17.7 Å². The lowest BCUT2D eigenvalue weighted by atomic mass is 10.0. The van der Waals surface area contributed by atoms with Crippen LogP contribution in [-0.4, -0.2) is 26.8 Å². The average Bonchev–Trinajstić information content (AvgIpc) is 2.91. The van der Waals surface area contributed by atoms with Gasteiger partial charge in [-0.15, -0.1) is 6.58 Å². The molecule has 2 rings (SSSR count). The first-order valence-corrected chi connectivity index (χ1v) is 8.43. The number of halogens is 3. The summed E-state index contributed by atoms with van der Waals surface area (Å²) in [5.74, 6) is -1.76. The first-order valence-electron chi connectivity index (χ1n) is 8.43. The Kier molecular flexibility index (Phi) is 6.27. The van der Waals surface area contributed by atoms with Gasteiger partial charge < -0.3 is 10.4 Å². The zero-order valence-electron chi connectivity index (χ0n) is 15.4. The number of carboxylic acids is 1. The number of carbonyl (C=O) groups excluding carboxylic acids is 1. The number of rotatable bonds is 7. The number of allylic oxidation sites excluding steroid dienone is 1. The van der Waals surface area contributed by atoms with E-state index in [0.29, 0.717) is 17.8 Å². The van der Waals surface area contributed by atoms with Gasteiger partial charge in [0.15, 0.2) is 6.04 Å². The predicted molar refractivity (Wildman–Crippen MR) is 96.0 cm³/mol. The lowest BCUT2D eigenvalue weighted by molar-refractivity contribution is -0.142. The number of hydrogen-bond acceptors (Lipinski definition) is 3. The molecule has 0 bridgehead atoms. The number of alkyl halides is 3. The van der Waals surface area contributed by atoms with Crippen LogP contribution in [0.15, 0.2) is 36.9 Å². The van der Waals surface area contributed by atoms with Crippen LogP contribution in [-0.2, 0) is 15.8 Å². The van der Waals surface area contributed by atoms with Crippen molar-refractivity contribution in [1.29, 1.82) is 0 Å². The minimum Gasteiger partial charge on any atom is -0.479 e. The largest absolute Gasteiger partial charge is 0.479 e. The molecule has 1 atom stereocenters. The molecule has 0 radical (unpaired) electrons. The van der Waals surface area contributed by atoms with E-state index in [2.05, 4.69) is 17.0 Å². The van der Waals surface area contributed by atoms with E-state index in [1.54, 1.807) is 6.92 Å². The number of aromatic nitrogens is 2. The van der Waals surface area contributed by atoms with Crippen molar-refractivity contribution in [2.75, 3.05) is 0 Å². The molecular formula is C19H20F3N3O3. The number of hydrogen-bond donors (Lipinski definition) is 2. The summed E-state index contributed by atoms with van der Waals surface area (Å²) in [5.41, 5.74) is 0.159. The molecule has 1 amide bonds. The smallest absolute Gasteiger partial charge is 0.416 e. The number of benzene rings is 1. The molecule has 28 heavy (non-hydrogen) atoms. The SMILES string of the molecule is C=CCCC(=O)NC(C(=O)O)c1c(C)nn(-c2cccc(C(F)(F)F)c2)c1C. The number of nitrogens with zero attached hydrogens (tertiary/aromatic N) is 2. The third-order valence-electron chi connectivity index (χ3n) is 4.18. The van der Waals surface area contributed by atoms with Crippen LogP contribution in [0.25, 0.3) is 5.69 Å². The zero-order chi connectivity index (χ0) is 21.1. The van der Waals surface area contributed by atoms with Crippen molar-refractivity contribution < 1.29 is 27.9 Å². The summed E-state index contributed by atoms with van der Waals surface area (Å²) in [7, 11) is 0. The number of aryl methyl sites for hydroxylation is 1. The molecule has 0 saturated heterocycles. The molecule has 1 unspecified atom stereocenters. The Morgan fingerprint density at radius 3 is 2.61 bits per heavy atom. The van der Waals surface area contributed by atoms with Gasteiger partial charge in [-0.3, -0.25) is 4.79 Å². The lowest BCUT2D eigenvalue weighted by Gasteiger charge is -2.15. The van der Waals surface area contributed by atoms with E-state index in [4.69, 9.17) is 0 Å². The van der Waals surface area contributed by atoms with Gasteiger partial charge in [-0.05, 0) is 38.5 Å². The normalized spacial score (nSPS) is 12.5. The van der Waals surface area contributed by atoms with E-state index in [0.717, 1.165) is 12.1 Å². The average molecular weight is 395 g/mol. The second kappa shape index (κ2) is 8.28. The van der Waals surface area contributed by atoms with Crippen molar-refractivity contribution in [2.45, 2.75) is 38.9 Å². The summed E-state index contributed by atoms with van der Waals surface area (Å²) in [5, 5.41) is 16.2. The fraction of sp³-hybridized carbons (Fsp3) is 0.316. The highest BCUT2D eigenvalue weighted by atomic mass is 19.4. The minimum absolute atomic E-state index is 0.0765. The van der Waals surface area contributed by atoms with E-state index in [1.165, 1.54) is 29.8 Å². The Bertz CT molecular complexity index is 904. The van der Waals surface area contributed by atoms with Crippen molar-refractivity contribution >= 4 is 11.9 Å². The zero-order valence-corrected chi connectivity index (χ0v) is 15.4. The number of nitrogens with one attached hydrogen (secondary N) is 1. The highest BCUT2D eigenvalue weighted by Crippen LogP contribution is 2.31. The number of aliphatic carboxylic acids is 1. The van der Waals surface area contributed by atoms with Gasteiger partial charge in [0.25, 0.3) is 0 Å². The van der Waals surface area contributed by atoms with Crippen molar-refractivity contribution in [3.8, 4) is 5.69 Å². The molecule has 6 nitrogen and oxygen atoms in total. The molecule has 2 N–H and O–H groups in total. The highest BCUT2D eigenvalue weighted by Gasteiger charge is 2.32. The van der Waals surface area contributed by atoms with Gasteiger partial charge in [0.05, 0.1) is 16.9 Å². The maximum atomic E-state index is 13.0. The van der Waals surface area contributed by atoms with Crippen molar-refractivity contribution in [3.05, 3.63) is 59.4 Å². The Balaban J connectivity index is 2.45. The van der Waals surface area contributed by atoms with Crippen molar-refractivity contribution in [3.63, 3.8) is 0 Å². The Morgan fingerprint density at radius 1 is 1.36 bits per heavy atom. The van der Waals surface area contributed by atoms with Crippen LogP contribution in [0.4, 0.5) is 13.2 Å². The standard InChI is InChI=1S/C19H20F3N3O3/c1-4-5-9-15(26)23-17(18(27)28)16-11(2)24-25(12(16)3)14-8-6-7-13(10-14)19(20,21)22/h4,6-8,10,17H,1,5,9H2,2-3H3,(H,23,26)(H,27,28). The number of carboxylic acid groups (broad SMARTS) is 1. The maximum Gasteiger partial charge on any atom is 0.416 e. The molecule has 0 fully saturated rings. The first-order chi connectivity index (χ1) is 13.1. The van der Waals surface area contributed by atoms with Crippen LogP contribution in [0.3, 0.4) is 0 Å². The molecule has 0 spiro atoms. The second-order valence-corrected chi connectivity index (χ2v) is 6.21. The van der Waals surface area contributed by atoms with Gasteiger partial charge in [-0.2, -0.15) is 18.3 Å².